The summed E-state index contributed by atoms with van der Waals surface area (Å²) in [5, 5.41) is 0. The van der Waals surface area contributed by atoms with E-state index in [0.29, 0.717) is 39.0 Å². The van der Waals surface area contributed by atoms with Gasteiger partial charge in [0.15, 0.2) is 0 Å². The number of anilines is 1. The topological polar surface area (TPSA) is 60.9 Å². The van der Waals surface area contributed by atoms with Crippen LogP contribution in [0.2, 0.25) is 0 Å². The molecule has 0 bridgehead atoms. The van der Waals surface area contributed by atoms with Crippen molar-refractivity contribution in [3.05, 3.63) is 59.7 Å². The summed E-state index contributed by atoms with van der Waals surface area (Å²) in [4.78, 5) is 15.5. The van der Waals surface area contributed by atoms with E-state index in [2.05, 4.69) is 4.90 Å². The van der Waals surface area contributed by atoms with Crippen molar-refractivity contribution in [1.29, 1.82) is 0 Å². The first-order chi connectivity index (χ1) is 16.4. The highest BCUT2D eigenvalue weighted by Gasteiger charge is 2.46. The molecule has 0 N–H and O–H groups in total. The van der Waals surface area contributed by atoms with Crippen molar-refractivity contribution < 1.29 is 26.4 Å². The van der Waals surface area contributed by atoms with E-state index in [-0.39, 0.29) is 22.9 Å². The summed E-state index contributed by atoms with van der Waals surface area (Å²) in [5.41, 5.74) is -0.769. The van der Waals surface area contributed by atoms with Crippen LogP contribution in [0.25, 0.3) is 0 Å². The van der Waals surface area contributed by atoms with Crippen LogP contribution < -0.4 is 4.90 Å². The second-order valence-electron chi connectivity index (χ2n) is 9.50. The molecule has 0 unspecified atom stereocenters. The minimum Gasteiger partial charge on any atom is -0.368 e. The van der Waals surface area contributed by atoms with Gasteiger partial charge >= 0.3 is 6.18 Å². The molecule has 1 saturated carbocycles. The molecule has 1 heterocycles. The van der Waals surface area contributed by atoms with Crippen molar-refractivity contribution in [3.8, 4) is 0 Å². The molecular formula is C25H30F3N3O3S. The molecule has 190 valence electrons. The van der Waals surface area contributed by atoms with E-state index >= 15 is 0 Å². The number of amides is 1. The average Bonchev–Trinajstić information content (AvgIpc) is 2.81. The van der Waals surface area contributed by atoms with Gasteiger partial charge < -0.3 is 9.80 Å². The highest BCUT2D eigenvalue weighted by Crippen LogP contribution is 2.43. The van der Waals surface area contributed by atoms with E-state index in [1.54, 1.807) is 24.0 Å². The quantitative estimate of drug-likeness (QED) is 0.575. The molecule has 0 atom stereocenters. The number of carbonyl (C=O) groups excluding carboxylic acids is 1. The van der Waals surface area contributed by atoms with E-state index in [1.807, 2.05) is 0 Å². The second kappa shape index (κ2) is 9.46. The maximum atomic E-state index is 13.7. The Kier molecular flexibility index (Phi) is 6.89. The molecule has 1 amide bonds. The zero-order valence-electron chi connectivity index (χ0n) is 19.9. The Morgan fingerprint density at radius 3 is 2.11 bits per heavy atom. The van der Waals surface area contributed by atoms with Gasteiger partial charge in [0.2, 0.25) is 15.9 Å². The Labute approximate surface area is 204 Å². The smallest absolute Gasteiger partial charge is 0.368 e. The lowest BCUT2D eigenvalue weighted by Crippen LogP contribution is -2.53. The van der Waals surface area contributed by atoms with Gasteiger partial charge in [0.25, 0.3) is 0 Å². The fourth-order valence-electron chi connectivity index (χ4n) is 4.83. The third kappa shape index (κ3) is 5.18. The Balaban J connectivity index is 1.60. The van der Waals surface area contributed by atoms with Crippen molar-refractivity contribution in [2.75, 3.05) is 31.1 Å². The van der Waals surface area contributed by atoms with Crippen LogP contribution in [0, 0.1) is 0 Å². The van der Waals surface area contributed by atoms with Gasteiger partial charge in [0, 0.05) is 50.9 Å². The number of benzene rings is 2. The zero-order valence-corrected chi connectivity index (χ0v) is 20.7. The van der Waals surface area contributed by atoms with Gasteiger partial charge in [-0.05, 0) is 62.1 Å². The Hall–Kier alpha value is -2.59. The molecule has 2 fully saturated rings. The molecule has 2 aliphatic rings. The fourth-order valence-corrected chi connectivity index (χ4v) is 6.64. The largest absolute Gasteiger partial charge is 0.416 e. The summed E-state index contributed by atoms with van der Waals surface area (Å²) < 4.78 is 69.5. The van der Waals surface area contributed by atoms with Crippen LogP contribution in [0.3, 0.4) is 0 Å². The minimum absolute atomic E-state index is 0.0303. The molecule has 2 aromatic carbocycles. The van der Waals surface area contributed by atoms with Crippen LogP contribution in [-0.2, 0) is 27.5 Å². The van der Waals surface area contributed by atoms with Crippen molar-refractivity contribution in [1.82, 2.24) is 9.21 Å². The molecule has 2 aromatic rings. The standard InChI is InChI=1S/C25H30F3N3O3S/c1-19(32)29-14-16-30(17-15-29)21-8-10-22(11-9-21)35(33,34)31(24(2)12-5-13-24)18-20-6-3-4-7-23(20)25(26,27)28/h3-4,6-11H,5,12-18H2,1-2H3. The van der Waals surface area contributed by atoms with Gasteiger partial charge in [-0.2, -0.15) is 17.5 Å². The van der Waals surface area contributed by atoms with E-state index in [0.717, 1.165) is 18.2 Å². The molecular weight excluding hydrogens is 479 g/mol. The highest BCUT2D eigenvalue weighted by atomic mass is 32.2. The first-order valence-corrected chi connectivity index (χ1v) is 13.1. The van der Waals surface area contributed by atoms with Gasteiger partial charge in [0.1, 0.15) is 0 Å². The predicted octanol–water partition coefficient (Wildman–Crippen LogP) is 4.51. The normalized spacial score (nSPS) is 18.5. The summed E-state index contributed by atoms with van der Waals surface area (Å²) >= 11 is 0. The highest BCUT2D eigenvalue weighted by molar-refractivity contribution is 7.89. The molecule has 1 aliphatic heterocycles. The lowest BCUT2D eigenvalue weighted by Gasteiger charge is -2.47. The van der Waals surface area contributed by atoms with E-state index in [1.165, 1.54) is 41.6 Å². The molecule has 10 heteroatoms. The van der Waals surface area contributed by atoms with Crippen molar-refractivity contribution in [3.63, 3.8) is 0 Å². The number of sulfonamides is 1. The Bertz CT molecular complexity index is 1170. The van der Waals surface area contributed by atoms with Crippen LogP contribution >= 0.6 is 0 Å². The lowest BCUT2D eigenvalue weighted by atomic mass is 9.78. The maximum Gasteiger partial charge on any atom is 0.416 e. The van der Waals surface area contributed by atoms with Gasteiger partial charge in [-0.3, -0.25) is 4.79 Å². The van der Waals surface area contributed by atoms with E-state index < -0.39 is 27.3 Å². The van der Waals surface area contributed by atoms with Gasteiger partial charge in [-0.25, -0.2) is 8.42 Å². The third-order valence-corrected chi connectivity index (χ3v) is 9.20. The van der Waals surface area contributed by atoms with Crippen LogP contribution in [0.15, 0.2) is 53.4 Å². The SMILES string of the molecule is CC(=O)N1CCN(c2ccc(S(=O)(=O)N(Cc3ccccc3C(F)(F)F)C3(C)CCC3)cc2)CC1. The fraction of sp³-hybridized carbons (Fsp3) is 0.480. The first kappa shape index (κ1) is 25.5. The van der Waals surface area contributed by atoms with Crippen LogP contribution in [0.1, 0.15) is 44.2 Å². The number of piperazine rings is 1. The van der Waals surface area contributed by atoms with E-state index in [4.69, 9.17) is 0 Å². The Morgan fingerprint density at radius 1 is 1.00 bits per heavy atom. The molecule has 35 heavy (non-hydrogen) atoms. The van der Waals surface area contributed by atoms with Crippen molar-refractivity contribution >= 4 is 21.6 Å². The number of carbonyl (C=O) groups is 1. The summed E-state index contributed by atoms with van der Waals surface area (Å²) in [6.07, 6.45) is -2.55. The zero-order chi connectivity index (χ0) is 25.4. The Morgan fingerprint density at radius 2 is 1.60 bits per heavy atom. The summed E-state index contributed by atoms with van der Waals surface area (Å²) in [7, 11) is -4.05. The first-order valence-electron chi connectivity index (χ1n) is 11.7. The number of hydrogen-bond donors (Lipinski definition) is 0. The third-order valence-electron chi connectivity index (χ3n) is 7.18. The molecule has 4 rings (SSSR count). The number of nitrogens with zero attached hydrogens (tertiary/aromatic N) is 3. The van der Waals surface area contributed by atoms with E-state index in [9.17, 15) is 26.4 Å². The molecule has 1 aliphatic carbocycles. The monoisotopic (exact) mass is 509 g/mol. The maximum absolute atomic E-state index is 13.7. The summed E-state index contributed by atoms with van der Waals surface area (Å²) in [6, 6.07) is 11.6. The van der Waals surface area contributed by atoms with Crippen molar-refractivity contribution in [2.24, 2.45) is 0 Å². The van der Waals surface area contributed by atoms with Crippen LogP contribution in [0.4, 0.5) is 18.9 Å². The molecule has 0 spiro atoms. The molecule has 1 saturated heterocycles. The minimum atomic E-state index is -4.57. The molecule has 0 radical (unpaired) electrons. The van der Waals surface area contributed by atoms with Gasteiger partial charge in [0.05, 0.1) is 10.5 Å². The summed E-state index contributed by atoms with van der Waals surface area (Å²) in [5.74, 6) is 0.0303. The predicted molar refractivity (Wildman–Crippen MR) is 127 cm³/mol. The summed E-state index contributed by atoms with van der Waals surface area (Å²) in [6.45, 7) is 5.47. The average molecular weight is 510 g/mol. The number of hydrogen-bond acceptors (Lipinski definition) is 4. The second-order valence-corrected chi connectivity index (χ2v) is 11.4. The molecule has 6 nitrogen and oxygen atoms in total. The van der Waals surface area contributed by atoms with Crippen LogP contribution in [0.5, 0.6) is 0 Å². The number of rotatable bonds is 6. The van der Waals surface area contributed by atoms with Crippen LogP contribution in [-0.4, -0.2) is 55.2 Å². The van der Waals surface area contributed by atoms with Gasteiger partial charge in [-0.1, -0.05) is 18.2 Å². The lowest BCUT2D eigenvalue weighted by molar-refractivity contribution is -0.138. The number of alkyl halides is 3. The van der Waals surface area contributed by atoms with Gasteiger partial charge in [-0.15, -0.1) is 0 Å². The molecule has 0 aromatic heterocycles. The van der Waals surface area contributed by atoms with Crippen molar-refractivity contribution in [2.45, 2.75) is 56.3 Å². The number of halogens is 3.